The van der Waals surface area contributed by atoms with Gasteiger partial charge in [0, 0.05) is 10.8 Å². The molecule has 0 aliphatic rings. The smallest absolute Gasteiger partial charge is 0.335 e. The highest BCUT2D eigenvalue weighted by Gasteiger charge is 2.03. The van der Waals surface area contributed by atoms with E-state index in [0.29, 0.717) is 5.39 Å². The third kappa shape index (κ3) is 0.955. The van der Waals surface area contributed by atoms with E-state index in [9.17, 15) is 4.79 Å². The highest BCUT2D eigenvalue weighted by Crippen LogP contribution is 2.15. The number of hydrogen-bond donors (Lipinski definition) is 1. The summed E-state index contributed by atoms with van der Waals surface area (Å²) in [6.07, 6.45) is 4.11. The number of benzene rings is 1. The minimum Gasteiger partial charge on any atom is -0.478 e. The van der Waals surface area contributed by atoms with Crippen LogP contribution in [0.2, 0.25) is 0 Å². The van der Waals surface area contributed by atoms with Gasteiger partial charge in [0.25, 0.3) is 0 Å². The molecule has 1 radical (unpaired) electrons. The van der Waals surface area contributed by atoms with Crippen LogP contribution in [0.1, 0.15) is 10.4 Å². The Morgan fingerprint density at radius 1 is 1.50 bits per heavy atom. The molecule has 2 rings (SSSR count). The van der Waals surface area contributed by atoms with E-state index in [1.54, 1.807) is 6.07 Å². The Balaban J connectivity index is 2.68. The largest absolute Gasteiger partial charge is 0.478 e. The highest BCUT2D eigenvalue weighted by molar-refractivity contribution is 5.93. The molecule has 1 heterocycles. The molecule has 0 unspecified atom stereocenters. The molecule has 0 atom stereocenters. The first-order chi connectivity index (χ1) is 5.77. The maximum atomic E-state index is 10.5. The minimum atomic E-state index is -0.938. The molecule has 59 valence electrons. The quantitative estimate of drug-likeness (QED) is 0.695. The van der Waals surface area contributed by atoms with Gasteiger partial charge in [-0.2, -0.15) is 0 Å². The lowest BCUT2D eigenvalue weighted by atomic mass is 10.1. The highest BCUT2D eigenvalue weighted by atomic mass is 16.4. The zero-order valence-electron chi connectivity index (χ0n) is 6.07. The zero-order valence-corrected chi connectivity index (χ0v) is 6.07. The molecule has 0 bridgehead atoms. The number of carboxylic acids is 1. The fourth-order valence-corrected chi connectivity index (χ4v) is 1.04. The molecule has 0 amide bonds. The van der Waals surface area contributed by atoms with E-state index in [0.717, 1.165) is 5.39 Å². The van der Waals surface area contributed by atoms with Gasteiger partial charge in [0.2, 0.25) is 0 Å². The van der Waals surface area contributed by atoms with Crippen molar-refractivity contribution >= 4 is 16.7 Å². The maximum Gasteiger partial charge on any atom is 0.335 e. The van der Waals surface area contributed by atoms with Gasteiger partial charge in [-0.3, -0.25) is 0 Å². The first-order valence-electron chi connectivity index (χ1n) is 3.39. The third-order valence-electron chi connectivity index (χ3n) is 1.66. The van der Waals surface area contributed by atoms with E-state index in [1.807, 2.05) is 0 Å². The lowest BCUT2D eigenvalue weighted by Gasteiger charge is -1.91. The molecule has 1 aromatic carbocycles. The van der Waals surface area contributed by atoms with Crippen molar-refractivity contribution < 1.29 is 14.3 Å². The molecule has 3 heteroatoms. The second-order valence-corrected chi connectivity index (χ2v) is 2.44. The predicted molar refractivity (Wildman–Crippen MR) is 42.0 cm³/mol. The number of fused-ring (bicyclic) bond motifs is 1. The van der Waals surface area contributed by atoms with Crippen molar-refractivity contribution in [3.8, 4) is 0 Å². The van der Waals surface area contributed by atoms with Crippen molar-refractivity contribution in [1.29, 1.82) is 0 Å². The maximum absolute atomic E-state index is 10.5. The molecule has 3 nitrogen and oxygen atoms in total. The second kappa shape index (κ2) is 2.37. The third-order valence-corrected chi connectivity index (χ3v) is 1.66. The first kappa shape index (κ1) is 6.91. The molecule has 0 saturated carbocycles. The van der Waals surface area contributed by atoms with Gasteiger partial charge in [-0.25, -0.2) is 4.79 Å². The van der Waals surface area contributed by atoms with Crippen molar-refractivity contribution in [3.63, 3.8) is 0 Å². The molecule has 0 saturated heterocycles. The molecule has 0 aliphatic heterocycles. The number of carbonyl (C=O) groups is 1. The summed E-state index contributed by atoms with van der Waals surface area (Å²) in [5, 5.41) is 10.2. The summed E-state index contributed by atoms with van der Waals surface area (Å²) in [6.45, 7) is 0. The van der Waals surface area contributed by atoms with Gasteiger partial charge >= 0.3 is 5.97 Å². The van der Waals surface area contributed by atoms with E-state index in [4.69, 9.17) is 9.52 Å². The fourth-order valence-electron chi connectivity index (χ4n) is 1.04. The molecular weight excluding hydrogens is 156 g/mol. The monoisotopic (exact) mass is 161 g/mol. The molecule has 0 spiro atoms. The van der Waals surface area contributed by atoms with Crippen LogP contribution in [-0.2, 0) is 0 Å². The van der Waals surface area contributed by atoms with Crippen LogP contribution in [0.3, 0.4) is 0 Å². The van der Waals surface area contributed by atoms with E-state index in [1.165, 1.54) is 18.4 Å². The lowest BCUT2D eigenvalue weighted by Crippen LogP contribution is -1.94. The van der Waals surface area contributed by atoms with Crippen LogP contribution >= 0.6 is 0 Å². The Hall–Kier alpha value is -1.77. The molecule has 1 N–H and O–H groups in total. The zero-order chi connectivity index (χ0) is 8.55. The van der Waals surface area contributed by atoms with Crippen molar-refractivity contribution in [2.45, 2.75) is 0 Å². The summed E-state index contributed by atoms with van der Waals surface area (Å²) in [5.74, 6) is -0.938. The lowest BCUT2D eigenvalue weighted by molar-refractivity contribution is 0.0697. The summed E-state index contributed by atoms with van der Waals surface area (Å²) in [4.78, 5) is 10.5. The van der Waals surface area contributed by atoms with Crippen LogP contribution in [0.25, 0.3) is 10.8 Å². The number of rotatable bonds is 1. The number of hydrogen-bond acceptors (Lipinski definition) is 2. The van der Waals surface area contributed by atoms with Gasteiger partial charge in [0.1, 0.15) is 0 Å². The minimum absolute atomic E-state index is 0.250. The molecule has 2 aromatic rings. The standard InChI is InChI=1S/C9H5O3/c10-9(11)6-1-2-7-4-12-5-8(7)3-6/h1-4H,(H,10,11). The summed E-state index contributed by atoms with van der Waals surface area (Å²) in [5.41, 5.74) is 0.250. The normalized spacial score (nSPS) is 10.3. The Morgan fingerprint density at radius 2 is 2.33 bits per heavy atom. The van der Waals surface area contributed by atoms with E-state index in [-0.39, 0.29) is 5.56 Å². The average Bonchev–Trinajstić information content (AvgIpc) is 2.49. The molecule has 0 aliphatic carbocycles. The summed E-state index contributed by atoms with van der Waals surface area (Å²) in [7, 11) is 0. The number of carboxylic acid groups (broad SMARTS) is 1. The Labute approximate surface area is 68.2 Å². The Bertz CT molecular complexity index is 428. The van der Waals surface area contributed by atoms with Gasteiger partial charge < -0.3 is 9.52 Å². The van der Waals surface area contributed by atoms with E-state index < -0.39 is 5.97 Å². The van der Waals surface area contributed by atoms with Crippen LogP contribution < -0.4 is 0 Å². The van der Waals surface area contributed by atoms with E-state index >= 15 is 0 Å². The topological polar surface area (TPSA) is 50.4 Å². The van der Waals surface area contributed by atoms with Gasteiger partial charge in [-0.1, -0.05) is 6.07 Å². The van der Waals surface area contributed by atoms with E-state index in [2.05, 4.69) is 6.26 Å². The molecule has 0 fully saturated rings. The van der Waals surface area contributed by atoms with Crippen molar-refractivity contribution in [2.75, 3.05) is 0 Å². The average molecular weight is 161 g/mol. The first-order valence-corrected chi connectivity index (χ1v) is 3.39. The van der Waals surface area contributed by atoms with Crippen LogP contribution in [0.5, 0.6) is 0 Å². The fraction of sp³-hybridized carbons (Fsp3) is 0. The van der Waals surface area contributed by atoms with Gasteiger partial charge in [-0.15, -0.1) is 0 Å². The van der Waals surface area contributed by atoms with Gasteiger partial charge in [0.05, 0.1) is 11.8 Å². The Morgan fingerprint density at radius 3 is 3.08 bits per heavy atom. The molecular formula is C9H5O3. The predicted octanol–water partition coefficient (Wildman–Crippen LogP) is 1.93. The molecule has 12 heavy (non-hydrogen) atoms. The number of aromatic carboxylic acids is 1. The molecule has 1 aromatic heterocycles. The van der Waals surface area contributed by atoms with Crippen molar-refractivity contribution in [2.24, 2.45) is 0 Å². The Kier molecular flexibility index (Phi) is 1.37. The van der Waals surface area contributed by atoms with Crippen LogP contribution in [0.15, 0.2) is 28.9 Å². The number of furan rings is 1. The second-order valence-electron chi connectivity index (χ2n) is 2.44. The van der Waals surface area contributed by atoms with Gasteiger partial charge in [0.15, 0.2) is 6.26 Å². The summed E-state index contributed by atoms with van der Waals surface area (Å²) < 4.78 is 4.78. The van der Waals surface area contributed by atoms with Crippen LogP contribution in [0, 0.1) is 6.26 Å². The van der Waals surface area contributed by atoms with Crippen molar-refractivity contribution in [1.82, 2.24) is 0 Å². The van der Waals surface area contributed by atoms with Gasteiger partial charge in [-0.05, 0) is 12.1 Å². The van der Waals surface area contributed by atoms with Crippen LogP contribution in [0.4, 0.5) is 0 Å². The van der Waals surface area contributed by atoms with Crippen LogP contribution in [-0.4, -0.2) is 11.1 Å². The SMILES string of the molecule is O=C(O)c1ccc2co[c]c2c1. The summed E-state index contributed by atoms with van der Waals surface area (Å²) in [6, 6.07) is 4.76. The van der Waals surface area contributed by atoms with Crippen molar-refractivity contribution in [3.05, 3.63) is 36.3 Å². The summed E-state index contributed by atoms with van der Waals surface area (Å²) >= 11 is 0.